The Morgan fingerprint density at radius 2 is 1.74 bits per heavy atom. The first-order valence-corrected chi connectivity index (χ1v) is 9.05. The van der Waals surface area contributed by atoms with Gasteiger partial charge in [-0.3, -0.25) is 9.59 Å². The summed E-state index contributed by atoms with van der Waals surface area (Å²) in [6.45, 7) is 7.97. The molecule has 1 aliphatic carbocycles. The van der Waals surface area contributed by atoms with Crippen molar-refractivity contribution < 1.29 is 14.7 Å². The fourth-order valence-electron chi connectivity index (χ4n) is 3.20. The molecule has 1 fully saturated rings. The topological polar surface area (TPSA) is 78.4 Å². The summed E-state index contributed by atoms with van der Waals surface area (Å²) in [7, 11) is 0. The van der Waals surface area contributed by atoms with Gasteiger partial charge in [0.2, 0.25) is 11.8 Å². The molecule has 0 spiro atoms. The van der Waals surface area contributed by atoms with Gasteiger partial charge in [-0.2, -0.15) is 0 Å². The molecule has 0 saturated heterocycles. The Morgan fingerprint density at radius 3 is 2.30 bits per heavy atom. The Labute approximate surface area is 140 Å². The fraction of sp³-hybridized carbons (Fsp3) is 0.889. The van der Waals surface area contributed by atoms with Gasteiger partial charge in [-0.25, -0.2) is 0 Å². The van der Waals surface area contributed by atoms with Gasteiger partial charge in [-0.15, -0.1) is 0 Å². The van der Waals surface area contributed by atoms with E-state index in [2.05, 4.69) is 10.6 Å². The largest absolute Gasteiger partial charge is 0.396 e. The third kappa shape index (κ3) is 6.90. The molecule has 0 heterocycles. The van der Waals surface area contributed by atoms with Crippen molar-refractivity contribution in [2.24, 2.45) is 17.8 Å². The van der Waals surface area contributed by atoms with Crippen LogP contribution in [0.15, 0.2) is 0 Å². The lowest BCUT2D eigenvalue weighted by molar-refractivity contribution is -0.131. The third-order valence-corrected chi connectivity index (χ3v) is 4.58. The van der Waals surface area contributed by atoms with Crippen LogP contribution in [-0.4, -0.2) is 35.6 Å². The van der Waals surface area contributed by atoms with E-state index >= 15 is 0 Å². The summed E-state index contributed by atoms with van der Waals surface area (Å²) in [6, 6.07) is -0.498. The summed E-state index contributed by atoms with van der Waals surface area (Å²) in [5.41, 5.74) is 0. The first kappa shape index (κ1) is 19.9. The Balaban J connectivity index is 2.67. The fourth-order valence-corrected chi connectivity index (χ4v) is 3.20. The Morgan fingerprint density at radius 1 is 1.09 bits per heavy atom. The zero-order valence-corrected chi connectivity index (χ0v) is 15.1. The van der Waals surface area contributed by atoms with Gasteiger partial charge in [-0.1, -0.05) is 47.0 Å². The second-order valence-electron chi connectivity index (χ2n) is 7.58. The molecule has 3 unspecified atom stereocenters. The highest BCUT2D eigenvalue weighted by molar-refractivity contribution is 5.88. The van der Waals surface area contributed by atoms with Crippen LogP contribution < -0.4 is 10.6 Å². The minimum Gasteiger partial charge on any atom is -0.396 e. The van der Waals surface area contributed by atoms with Crippen LogP contribution in [0.3, 0.4) is 0 Å². The van der Waals surface area contributed by atoms with Gasteiger partial charge in [0.15, 0.2) is 0 Å². The first-order valence-electron chi connectivity index (χ1n) is 9.05. The molecule has 2 amide bonds. The van der Waals surface area contributed by atoms with Crippen LogP contribution in [0.4, 0.5) is 0 Å². The number of carbonyl (C=O) groups is 2. The molecule has 1 saturated carbocycles. The number of hydrogen-bond acceptors (Lipinski definition) is 3. The Kier molecular flexibility index (Phi) is 8.59. The van der Waals surface area contributed by atoms with E-state index in [1.54, 1.807) is 0 Å². The molecule has 0 aromatic rings. The monoisotopic (exact) mass is 326 g/mol. The Bertz CT molecular complexity index is 382. The summed E-state index contributed by atoms with van der Waals surface area (Å²) < 4.78 is 0. The summed E-state index contributed by atoms with van der Waals surface area (Å²) in [5, 5.41) is 15.5. The predicted octanol–water partition coefficient (Wildman–Crippen LogP) is 2.23. The average Bonchev–Trinajstić information content (AvgIpc) is 2.68. The van der Waals surface area contributed by atoms with E-state index in [4.69, 9.17) is 0 Å². The molecule has 5 nitrogen and oxygen atoms in total. The zero-order valence-electron chi connectivity index (χ0n) is 15.1. The van der Waals surface area contributed by atoms with Crippen LogP contribution >= 0.6 is 0 Å². The molecule has 5 heteroatoms. The van der Waals surface area contributed by atoms with Gasteiger partial charge in [0.1, 0.15) is 6.04 Å². The highest BCUT2D eigenvalue weighted by atomic mass is 16.3. The molecule has 0 aromatic heterocycles. The summed E-state index contributed by atoms with van der Waals surface area (Å²) in [4.78, 5) is 24.6. The first-order chi connectivity index (χ1) is 10.8. The van der Waals surface area contributed by atoms with E-state index in [1.807, 2.05) is 27.7 Å². The molecular weight excluding hydrogens is 292 g/mol. The van der Waals surface area contributed by atoms with Gasteiger partial charge in [-0.05, 0) is 24.7 Å². The molecule has 0 aromatic carbocycles. The number of carbonyl (C=O) groups excluding carboxylic acids is 2. The minimum absolute atomic E-state index is 0.0123. The molecule has 1 aliphatic rings. The zero-order chi connectivity index (χ0) is 17.4. The lowest BCUT2D eigenvalue weighted by Crippen LogP contribution is -2.53. The maximum absolute atomic E-state index is 12.6. The van der Waals surface area contributed by atoms with Crippen LogP contribution in [-0.2, 0) is 9.59 Å². The maximum atomic E-state index is 12.6. The number of nitrogens with one attached hydrogen (secondary N) is 2. The van der Waals surface area contributed by atoms with E-state index in [1.165, 1.54) is 0 Å². The van der Waals surface area contributed by atoms with Crippen molar-refractivity contribution in [3.8, 4) is 0 Å². The minimum atomic E-state index is -0.510. The van der Waals surface area contributed by atoms with Crippen molar-refractivity contribution in [3.05, 3.63) is 0 Å². The molecule has 0 radical (unpaired) electrons. The van der Waals surface area contributed by atoms with E-state index < -0.39 is 6.04 Å². The van der Waals surface area contributed by atoms with Gasteiger partial charge in [0, 0.05) is 25.0 Å². The summed E-state index contributed by atoms with van der Waals surface area (Å²) >= 11 is 0. The number of aliphatic hydroxyl groups is 1. The average molecular weight is 326 g/mol. The van der Waals surface area contributed by atoms with Crippen molar-refractivity contribution in [1.29, 1.82) is 0 Å². The molecule has 3 atom stereocenters. The Hall–Kier alpha value is -1.10. The van der Waals surface area contributed by atoms with E-state index in [0.29, 0.717) is 6.42 Å². The van der Waals surface area contributed by atoms with Crippen molar-refractivity contribution in [2.45, 2.75) is 78.3 Å². The summed E-state index contributed by atoms with van der Waals surface area (Å²) in [5.74, 6) is 0.229. The third-order valence-electron chi connectivity index (χ3n) is 4.58. The smallest absolute Gasteiger partial charge is 0.243 e. The van der Waals surface area contributed by atoms with E-state index in [-0.39, 0.29) is 42.2 Å². The van der Waals surface area contributed by atoms with Gasteiger partial charge < -0.3 is 15.7 Å². The second-order valence-corrected chi connectivity index (χ2v) is 7.58. The van der Waals surface area contributed by atoms with Crippen LogP contribution in [0.5, 0.6) is 0 Å². The van der Waals surface area contributed by atoms with Gasteiger partial charge >= 0.3 is 0 Å². The van der Waals surface area contributed by atoms with Crippen molar-refractivity contribution in [2.75, 3.05) is 6.61 Å². The van der Waals surface area contributed by atoms with Crippen LogP contribution in [0.1, 0.15) is 66.2 Å². The van der Waals surface area contributed by atoms with Crippen molar-refractivity contribution in [1.82, 2.24) is 10.6 Å². The van der Waals surface area contributed by atoms with Gasteiger partial charge in [0.25, 0.3) is 0 Å². The quantitative estimate of drug-likeness (QED) is 0.628. The molecular formula is C18H34N2O3. The predicted molar refractivity (Wildman–Crippen MR) is 91.8 cm³/mol. The van der Waals surface area contributed by atoms with E-state index in [9.17, 15) is 14.7 Å². The maximum Gasteiger partial charge on any atom is 0.243 e. The molecule has 1 rings (SSSR count). The summed E-state index contributed by atoms with van der Waals surface area (Å²) in [6.07, 6.45) is 5.62. The highest BCUT2D eigenvalue weighted by Gasteiger charge is 2.29. The number of hydrogen-bond donors (Lipinski definition) is 3. The SMILES string of the molecule is CC(C)CC(=O)NC(C(=O)NC1CCCCCC1CO)C(C)C. The standard InChI is InChI=1S/C18H34N2O3/c1-12(2)10-16(22)20-17(13(3)4)18(23)19-15-9-7-5-6-8-14(15)11-21/h12-15,17,21H,5-11H2,1-4H3,(H,19,23)(H,20,22). The molecule has 23 heavy (non-hydrogen) atoms. The van der Waals surface area contributed by atoms with Crippen LogP contribution in [0, 0.1) is 17.8 Å². The molecule has 0 bridgehead atoms. The molecule has 0 aliphatic heterocycles. The van der Waals surface area contributed by atoms with Crippen molar-refractivity contribution in [3.63, 3.8) is 0 Å². The molecule has 3 N–H and O–H groups in total. The number of rotatable bonds is 7. The van der Waals surface area contributed by atoms with Gasteiger partial charge in [0.05, 0.1) is 0 Å². The molecule has 134 valence electrons. The van der Waals surface area contributed by atoms with Crippen LogP contribution in [0.2, 0.25) is 0 Å². The van der Waals surface area contributed by atoms with Crippen molar-refractivity contribution >= 4 is 11.8 Å². The number of amides is 2. The normalized spacial score (nSPS) is 23.4. The lowest BCUT2D eigenvalue weighted by atomic mass is 9.94. The van der Waals surface area contributed by atoms with Crippen LogP contribution in [0.25, 0.3) is 0 Å². The highest BCUT2D eigenvalue weighted by Crippen LogP contribution is 2.23. The number of aliphatic hydroxyl groups excluding tert-OH is 1. The van der Waals surface area contributed by atoms with E-state index in [0.717, 1.165) is 32.1 Å². The second kappa shape index (κ2) is 9.91. The lowest BCUT2D eigenvalue weighted by Gasteiger charge is -2.29.